The highest BCUT2D eigenvalue weighted by molar-refractivity contribution is 6.32. The van der Waals surface area contributed by atoms with Crippen molar-refractivity contribution in [1.29, 1.82) is 0 Å². The summed E-state index contributed by atoms with van der Waals surface area (Å²) in [5.41, 5.74) is 0.770. The topological polar surface area (TPSA) is 75.1 Å². The molecule has 28 heavy (non-hydrogen) atoms. The Bertz CT molecular complexity index is 801. The number of carbonyl (C=O) groups is 1. The molecule has 9 heteroatoms. The lowest BCUT2D eigenvalue weighted by Gasteiger charge is -2.26. The molecule has 2 fully saturated rings. The van der Waals surface area contributed by atoms with E-state index in [1.807, 2.05) is 24.3 Å². The number of benzene rings is 1. The van der Waals surface area contributed by atoms with Crippen LogP contribution in [0.4, 0.5) is 0 Å². The molecule has 1 saturated heterocycles. The van der Waals surface area contributed by atoms with Crippen LogP contribution in [0.15, 0.2) is 24.3 Å². The maximum Gasteiger partial charge on any atom is 0.290 e. The quantitative estimate of drug-likeness (QED) is 0.666. The third-order valence-corrected chi connectivity index (χ3v) is 5.32. The molecule has 1 aromatic heterocycles. The van der Waals surface area contributed by atoms with Crippen LogP contribution < -0.4 is 10.6 Å². The number of carbonyl (C=O) groups excluding carboxylic acids is 1. The SMILES string of the molecule is Cl.O=C(NCCCN1CCNCC1)c1nc(C2CC2)n(-c2ccccc2Cl)n1. The summed E-state index contributed by atoms with van der Waals surface area (Å²) in [6.07, 6.45) is 3.08. The summed E-state index contributed by atoms with van der Waals surface area (Å²) in [6, 6.07) is 7.52. The van der Waals surface area contributed by atoms with E-state index in [9.17, 15) is 4.79 Å². The molecule has 0 spiro atoms. The molecule has 0 atom stereocenters. The van der Waals surface area contributed by atoms with Gasteiger partial charge in [-0.15, -0.1) is 17.5 Å². The van der Waals surface area contributed by atoms with E-state index in [4.69, 9.17) is 11.6 Å². The number of nitrogens with one attached hydrogen (secondary N) is 2. The van der Waals surface area contributed by atoms with Crippen LogP contribution >= 0.6 is 24.0 Å². The zero-order valence-electron chi connectivity index (χ0n) is 15.7. The van der Waals surface area contributed by atoms with Crippen molar-refractivity contribution in [3.8, 4) is 5.69 Å². The molecule has 7 nitrogen and oxygen atoms in total. The highest BCUT2D eigenvalue weighted by Crippen LogP contribution is 2.40. The Kier molecular flexibility index (Phi) is 7.29. The van der Waals surface area contributed by atoms with Crippen molar-refractivity contribution < 1.29 is 4.79 Å². The molecule has 1 saturated carbocycles. The maximum atomic E-state index is 12.5. The lowest BCUT2D eigenvalue weighted by atomic mass is 10.3. The van der Waals surface area contributed by atoms with Crippen LogP contribution in [0, 0.1) is 0 Å². The van der Waals surface area contributed by atoms with Gasteiger partial charge < -0.3 is 15.5 Å². The summed E-state index contributed by atoms with van der Waals surface area (Å²) in [7, 11) is 0. The minimum atomic E-state index is -0.219. The van der Waals surface area contributed by atoms with E-state index in [1.165, 1.54) is 0 Å². The summed E-state index contributed by atoms with van der Waals surface area (Å²) in [5.74, 6) is 1.19. The second-order valence-electron chi connectivity index (χ2n) is 7.13. The van der Waals surface area contributed by atoms with E-state index in [2.05, 4.69) is 25.6 Å². The Morgan fingerprint density at radius 3 is 2.71 bits per heavy atom. The van der Waals surface area contributed by atoms with E-state index < -0.39 is 0 Å². The number of hydrogen-bond acceptors (Lipinski definition) is 5. The predicted molar refractivity (Wildman–Crippen MR) is 112 cm³/mol. The van der Waals surface area contributed by atoms with Crippen molar-refractivity contribution in [2.75, 3.05) is 39.3 Å². The molecule has 2 heterocycles. The van der Waals surface area contributed by atoms with E-state index in [-0.39, 0.29) is 24.1 Å². The summed E-state index contributed by atoms with van der Waals surface area (Å²) < 4.78 is 1.73. The first kappa shape index (κ1) is 21.0. The summed E-state index contributed by atoms with van der Waals surface area (Å²) in [4.78, 5) is 19.5. The zero-order valence-corrected chi connectivity index (χ0v) is 17.3. The standard InChI is InChI=1S/C19H25ClN6O.ClH/c20-15-4-1-2-5-16(15)26-18(14-6-7-14)23-17(24-26)19(27)22-8-3-11-25-12-9-21-10-13-25;/h1-2,4-5,14,21H,3,6-13H2,(H,22,27);1H. The molecule has 2 aliphatic rings. The van der Waals surface area contributed by atoms with E-state index in [0.717, 1.165) is 63.5 Å². The van der Waals surface area contributed by atoms with Crippen molar-refractivity contribution in [2.24, 2.45) is 0 Å². The fraction of sp³-hybridized carbons (Fsp3) is 0.526. The van der Waals surface area contributed by atoms with Gasteiger partial charge in [0, 0.05) is 38.6 Å². The Balaban J connectivity index is 0.00000225. The fourth-order valence-electron chi connectivity index (χ4n) is 3.35. The van der Waals surface area contributed by atoms with E-state index >= 15 is 0 Å². The molecule has 152 valence electrons. The van der Waals surface area contributed by atoms with Crippen LogP contribution in [0.2, 0.25) is 5.02 Å². The molecule has 0 radical (unpaired) electrons. The lowest BCUT2D eigenvalue weighted by molar-refractivity contribution is 0.0941. The van der Waals surface area contributed by atoms with Gasteiger partial charge in [0.15, 0.2) is 0 Å². The maximum absolute atomic E-state index is 12.5. The smallest absolute Gasteiger partial charge is 0.290 e. The van der Waals surface area contributed by atoms with Crippen molar-refractivity contribution in [1.82, 2.24) is 30.3 Å². The molecular weight excluding hydrogens is 399 g/mol. The third kappa shape index (κ3) is 5.03. The zero-order chi connectivity index (χ0) is 18.6. The Morgan fingerprint density at radius 2 is 2.00 bits per heavy atom. The summed E-state index contributed by atoms with van der Waals surface area (Å²) in [5, 5.41) is 11.4. The van der Waals surface area contributed by atoms with Crippen molar-refractivity contribution >= 4 is 29.9 Å². The average Bonchev–Trinajstić information content (AvgIpc) is 3.45. The number of nitrogens with zero attached hydrogens (tertiary/aromatic N) is 4. The van der Waals surface area contributed by atoms with Gasteiger partial charge in [0.2, 0.25) is 5.82 Å². The Morgan fingerprint density at radius 1 is 1.25 bits per heavy atom. The Hall–Kier alpha value is -1.67. The van der Waals surface area contributed by atoms with Gasteiger partial charge in [0.1, 0.15) is 5.82 Å². The fourth-order valence-corrected chi connectivity index (χ4v) is 3.56. The number of rotatable bonds is 7. The number of aromatic nitrogens is 3. The Labute approximate surface area is 176 Å². The second-order valence-corrected chi connectivity index (χ2v) is 7.54. The first-order chi connectivity index (χ1) is 13.2. The van der Waals surface area contributed by atoms with E-state index in [1.54, 1.807) is 4.68 Å². The van der Waals surface area contributed by atoms with Crippen molar-refractivity contribution in [3.05, 3.63) is 40.9 Å². The molecule has 1 aliphatic heterocycles. The molecule has 0 bridgehead atoms. The normalized spacial score (nSPS) is 17.2. The van der Waals surface area contributed by atoms with Gasteiger partial charge in [0.25, 0.3) is 5.91 Å². The van der Waals surface area contributed by atoms with Crippen molar-refractivity contribution in [2.45, 2.75) is 25.2 Å². The van der Waals surface area contributed by atoms with Crippen LogP contribution in [0.5, 0.6) is 0 Å². The number of amides is 1. The highest BCUT2D eigenvalue weighted by atomic mass is 35.5. The van der Waals surface area contributed by atoms with Crippen LogP contribution in [-0.2, 0) is 0 Å². The predicted octanol–water partition coefficient (Wildman–Crippen LogP) is 2.25. The molecule has 4 rings (SSSR count). The van der Waals surface area contributed by atoms with Gasteiger partial charge in [0.05, 0.1) is 10.7 Å². The highest BCUT2D eigenvalue weighted by Gasteiger charge is 2.32. The molecule has 1 amide bonds. The monoisotopic (exact) mass is 424 g/mol. The van der Waals surface area contributed by atoms with Crippen LogP contribution in [0.3, 0.4) is 0 Å². The molecule has 1 aliphatic carbocycles. The van der Waals surface area contributed by atoms with Gasteiger partial charge in [-0.2, -0.15) is 0 Å². The van der Waals surface area contributed by atoms with Crippen molar-refractivity contribution in [3.63, 3.8) is 0 Å². The summed E-state index contributed by atoms with van der Waals surface area (Å²) in [6.45, 7) is 5.85. The second kappa shape index (κ2) is 9.69. The molecule has 0 unspecified atom stereocenters. The molecule has 2 aromatic rings. The van der Waals surface area contributed by atoms with Gasteiger partial charge in [-0.25, -0.2) is 9.67 Å². The van der Waals surface area contributed by atoms with Crippen LogP contribution in [0.25, 0.3) is 5.69 Å². The number of hydrogen-bond donors (Lipinski definition) is 2. The number of halogens is 2. The minimum absolute atomic E-state index is 0. The molecule has 1 aromatic carbocycles. The van der Waals surface area contributed by atoms with Gasteiger partial charge in [-0.05, 0) is 37.9 Å². The largest absolute Gasteiger partial charge is 0.349 e. The van der Waals surface area contributed by atoms with Crippen LogP contribution in [0.1, 0.15) is 41.6 Å². The summed E-state index contributed by atoms with van der Waals surface area (Å²) >= 11 is 6.32. The van der Waals surface area contributed by atoms with E-state index in [0.29, 0.717) is 17.5 Å². The van der Waals surface area contributed by atoms with Gasteiger partial charge in [-0.3, -0.25) is 4.79 Å². The first-order valence-electron chi connectivity index (χ1n) is 9.65. The lowest BCUT2D eigenvalue weighted by Crippen LogP contribution is -2.44. The third-order valence-electron chi connectivity index (χ3n) is 5.00. The number of para-hydroxylation sites is 1. The van der Waals surface area contributed by atoms with Gasteiger partial charge >= 0.3 is 0 Å². The minimum Gasteiger partial charge on any atom is -0.349 e. The molecule has 2 N–H and O–H groups in total. The van der Waals surface area contributed by atoms with Crippen LogP contribution in [-0.4, -0.2) is 64.8 Å². The average molecular weight is 425 g/mol. The number of piperazine rings is 1. The molecular formula is C19H26Cl2N6O. The first-order valence-corrected chi connectivity index (χ1v) is 10.0. The van der Waals surface area contributed by atoms with Gasteiger partial charge in [-0.1, -0.05) is 23.7 Å².